The van der Waals surface area contributed by atoms with Crippen LogP contribution in [0.1, 0.15) is 25.6 Å². The molecule has 138 valence electrons. The van der Waals surface area contributed by atoms with Crippen molar-refractivity contribution < 1.29 is 33.0 Å². The number of thiazole rings is 1. The second-order valence-corrected chi connectivity index (χ2v) is 8.68. The minimum atomic E-state index is -4.54. The Morgan fingerprint density at radius 2 is 2.12 bits per heavy atom. The average Bonchev–Trinajstić information content (AvgIpc) is 3.02. The minimum absolute atomic E-state index is 0.0612. The van der Waals surface area contributed by atoms with Gasteiger partial charge in [-0.1, -0.05) is 11.3 Å². The molecule has 9 nitrogen and oxygen atoms in total. The lowest BCUT2D eigenvalue weighted by Gasteiger charge is -2.18. The van der Waals surface area contributed by atoms with E-state index in [1.807, 2.05) is 0 Å². The van der Waals surface area contributed by atoms with Crippen molar-refractivity contribution in [3.05, 3.63) is 17.2 Å². The number of carbonyl (C=O) groups is 1. The summed E-state index contributed by atoms with van der Waals surface area (Å²) in [6.45, 7) is 5.31. The highest BCUT2D eigenvalue weighted by Crippen LogP contribution is 2.40. The summed E-state index contributed by atoms with van der Waals surface area (Å²) < 4.78 is 27.0. The molecule has 11 heteroatoms. The number of hydrogen-bond acceptors (Lipinski definition) is 7. The average molecular weight is 390 g/mol. The molecule has 3 N–H and O–H groups in total. The van der Waals surface area contributed by atoms with Gasteiger partial charge in [0.25, 0.3) is 0 Å². The van der Waals surface area contributed by atoms with Gasteiger partial charge in [-0.25, -0.2) is 9.78 Å². The zero-order valence-electron chi connectivity index (χ0n) is 14.1. The lowest BCUT2D eigenvalue weighted by Crippen LogP contribution is -2.27. The van der Waals surface area contributed by atoms with Crippen molar-refractivity contribution in [2.75, 3.05) is 12.4 Å². The molecule has 0 aromatic carbocycles. The Labute approximate surface area is 148 Å². The third kappa shape index (κ3) is 5.13. The topological polar surface area (TPSA) is 131 Å². The molecule has 2 rings (SSSR count). The van der Waals surface area contributed by atoms with Crippen molar-refractivity contribution in [1.29, 1.82) is 0 Å². The van der Waals surface area contributed by atoms with Crippen LogP contribution in [-0.4, -0.2) is 33.6 Å². The summed E-state index contributed by atoms with van der Waals surface area (Å²) >= 11 is 1.09. The fourth-order valence-corrected chi connectivity index (χ4v) is 3.51. The summed E-state index contributed by atoms with van der Waals surface area (Å²) in [5, 5.41) is 2.41. The van der Waals surface area contributed by atoms with Crippen molar-refractivity contribution in [3.8, 4) is 11.5 Å². The first-order valence-electron chi connectivity index (χ1n) is 7.14. The molecule has 2 aromatic rings. The highest BCUT2D eigenvalue weighted by Gasteiger charge is 2.29. The summed E-state index contributed by atoms with van der Waals surface area (Å²) in [5.41, 5.74) is -0.477. The third-order valence-corrected chi connectivity index (χ3v) is 4.68. The second-order valence-electron chi connectivity index (χ2n) is 6.03. The van der Waals surface area contributed by atoms with Crippen LogP contribution in [0.25, 0.3) is 11.5 Å². The molecule has 0 atom stereocenters. The zero-order valence-corrected chi connectivity index (χ0v) is 15.8. The zero-order chi connectivity index (χ0) is 18.8. The number of ether oxygens (including phenoxy) is 2. The van der Waals surface area contributed by atoms with Crippen molar-refractivity contribution in [3.63, 3.8) is 0 Å². The fraction of sp³-hybridized carbons (Fsp3) is 0.429. The van der Waals surface area contributed by atoms with E-state index in [0.29, 0.717) is 4.88 Å². The lowest BCUT2D eigenvalue weighted by molar-refractivity contribution is 0.0636. The van der Waals surface area contributed by atoms with Gasteiger partial charge in [-0.15, -0.1) is 0 Å². The number of aromatic nitrogens is 1. The number of furan rings is 1. The molecule has 2 aromatic heterocycles. The quantitative estimate of drug-likeness (QED) is 0.664. The molecule has 0 radical (unpaired) electrons. The summed E-state index contributed by atoms with van der Waals surface area (Å²) in [6, 6.07) is 1.19. The van der Waals surface area contributed by atoms with Crippen LogP contribution in [0.15, 0.2) is 16.7 Å². The number of nitrogens with one attached hydrogen (secondary N) is 1. The maximum absolute atomic E-state index is 11.9. The lowest BCUT2D eigenvalue weighted by atomic mass is 10.2. The molecule has 0 saturated heterocycles. The molecule has 25 heavy (non-hydrogen) atoms. The van der Waals surface area contributed by atoms with Crippen LogP contribution in [0, 0.1) is 0 Å². The van der Waals surface area contributed by atoms with E-state index in [1.165, 1.54) is 19.4 Å². The molecule has 1 amide bonds. The smallest absolute Gasteiger partial charge is 0.413 e. The van der Waals surface area contributed by atoms with Gasteiger partial charge in [0.1, 0.15) is 16.6 Å². The monoisotopic (exact) mass is 390 g/mol. The first-order chi connectivity index (χ1) is 11.5. The van der Waals surface area contributed by atoms with Crippen LogP contribution >= 0.6 is 18.9 Å². The van der Waals surface area contributed by atoms with Gasteiger partial charge in [0.15, 0.2) is 10.9 Å². The van der Waals surface area contributed by atoms with Crippen LogP contribution in [0.2, 0.25) is 0 Å². The van der Waals surface area contributed by atoms with E-state index in [2.05, 4.69) is 10.3 Å². The number of carbonyl (C=O) groups excluding carboxylic acids is 1. The standard InChI is InChI=1S/C14H19N2O7PS/c1-14(2,3)23-13(17)16-12-15-10(9(25-12)7-21-4)11-8(5-6-22-11)24(18,19)20/h5-6H,7H2,1-4H3,(H,15,16,17)(H2,18,19,20). The highest BCUT2D eigenvalue weighted by molar-refractivity contribution is 7.60. The summed E-state index contributed by atoms with van der Waals surface area (Å²) in [5.74, 6) is -0.0612. The summed E-state index contributed by atoms with van der Waals surface area (Å²) in [6.07, 6.45) is 0.479. The molecular weight excluding hydrogens is 371 g/mol. The number of rotatable bonds is 5. The first-order valence-corrected chi connectivity index (χ1v) is 9.57. The summed E-state index contributed by atoms with van der Waals surface area (Å²) in [4.78, 5) is 35.5. The van der Waals surface area contributed by atoms with E-state index in [-0.39, 0.29) is 28.5 Å². The van der Waals surface area contributed by atoms with Crippen LogP contribution in [0.4, 0.5) is 9.93 Å². The molecule has 0 fully saturated rings. The Bertz CT molecular complexity index is 802. The summed E-state index contributed by atoms with van der Waals surface area (Å²) in [7, 11) is -3.07. The van der Waals surface area contributed by atoms with E-state index < -0.39 is 19.3 Å². The molecule has 0 aliphatic rings. The molecule has 0 unspecified atom stereocenters. The number of nitrogens with zero attached hydrogens (tertiary/aromatic N) is 1. The van der Waals surface area contributed by atoms with Gasteiger partial charge >= 0.3 is 13.7 Å². The van der Waals surface area contributed by atoms with Crippen molar-refractivity contribution in [1.82, 2.24) is 4.98 Å². The Hall–Kier alpha value is -1.71. The van der Waals surface area contributed by atoms with Crippen LogP contribution < -0.4 is 10.6 Å². The molecule has 0 aliphatic heterocycles. The normalized spacial score (nSPS) is 12.2. The Morgan fingerprint density at radius 3 is 2.68 bits per heavy atom. The van der Waals surface area contributed by atoms with Gasteiger partial charge in [0.2, 0.25) is 0 Å². The largest absolute Gasteiger partial charge is 0.462 e. The van der Waals surface area contributed by atoms with Crippen LogP contribution in [0.5, 0.6) is 0 Å². The van der Waals surface area contributed by atoms with Crippen LogP contribution in [-0.2, 0) is 20.6 Å². The Balaban J connectivity index is 2.37. The molecule has 0 aliphatic carbocycles. The van der Waals surface area contributed by atoms with Crippen molar-refractivity contribution in [2.24, 2.45) is 0 Å². The SMILES string of the molecule is COCc1sc(NC(=O)OC(C)(C)C)nc1-c1occc1P(=O)(O)O. The Kier molecular flexibility index (Phi) is 5.70. The number of hydrogen-bond donors (Lipinski definition) is 3. The number of methoxy groups -OCH3 is 1. The van der Waals surface area contributed by atoms with Gasteiger partial charge in [-0.2, -0.15) is 0 Å². The van der Waals surface area contributed by atoms with E-state index >= 15 is 0 Å². The predicted molar refractivity (Wildman–Crippen MR) is 92.1 cm³/mol. The van der Waals surface area contributed by atoms with Gasteiger partial charge < -0.3 is 23.7 Å². The molecule has 2 heterocycles. The van der Waals surface area contributed by atoms with E-state index in [9.17, 15) is 19.1 Å². The van der Waals surface area contributed by atoms with Gasteiger partial charge in [-0.05, 0) is 26.8 Å². The van der Waals surface area contributed by atoms with Gasteiger partial charge in [-0.3, -0.25) is 9.88 Å². The second kappa shape index (κ2) is 7.27. The molecule has 0 spiro atoms. The number of anilines is 1. The van der Waals surface area contributed by atoms with Gasteiger partial charge in [0, 0.05) is 7.11 Å². The van der Waals surface area contributed by atoms with Crippen LogP contribution in [0.3, 0.4) is 0 Å². The first kappa shape index (κ1) is 19.6. The predicted octanol–water partition coefficient (Wildman–Crippen LogP) is 2.70. The van der Waals surface area contributed by atoms with Crippen molar-refractivity contribution in [2.45, 2.75) is 33.0 Å². The maximum Gasteiger partial charge on any atom is 0.413 e. The van der Waals surface area contributed by atoms with E-state index in [0.717, 1.165) is 11.3 Å². The van der Waals surface area contributed by atoms with Crippen molar-refractivity contribution >= 4 is 35.5 Å². The third-order valence-electron chi connectivity index (χ3n) is 2.75. The number of amides is 1. The fourth-order valence-electron chi connectivity index (χ4n) is 1.91. The van der Waals surface area contributed by atoms with Gasteiger partial charge in [0.05, 0.1) is 17.7 Å². The highest BCUT2D eigenvalue weighted by atomic mass is 32.1. The molecular formula is C14H19N2O7PS. The molecule has 0 saturated carbocycles. The molecule has 0 bridgehead atoms. The van der Waals surface area contributed by atoms with E-state index in [1.54, 1.807) is 20.8 Å². The maximum atomic E-state index is 11.9. The van der Waals surface area contributed by atoms with E-state index in [4.69, 9.17) is 13.9 Å². The Morgan fingerprint density at radius 1 is 1.44 bits per heavy atom. The minimum Gasteiger partial charge on any atom is -0.462 e.